The molecule has 0 radical (unpaired) electrons. The van der Waals surface area contributed by atoms with E-state index in [1.54, 1.807) is 6.07 Å². The molecule has 3 heteroatoms. The van der Waals surface area contributed by atoms with Crippen molar-refractivity contribution in [3.63, 3.8) is 0 Å². The molecule has 2 aromatic rings. The van der Waals surface area contributed by atoms with Crippen molar-refractivity contribution in [3.05, 3.63) is 35.0 Å². The molecule has 0 bridgehead atoms. The van der Waals surface area contributed by atoms with Crippen LogP contribution in [0.3, 0.4) is 0 Å². The summed E-state index contributed by atoms with van der Waals surface area (Å²) in [6.45, 7) is 2.15. The Morgan fingerprint density at radius 1 is 1.29 bits per heavy atom. The van der Waals surface area contributed by atoms with Gasteiger partial charge in [-0.15, -0.1) is 11.3 Å². The largest absolute Gasteiger partial charge is 0.388 e. The van der Waals surface area contributed by atoms with Crippen LogP contribution in [0.25, 0.3) is 10.1 Å². The zero-order valence-electron chi connectivity index (χ0n) is 9.95. The highest BCUT2D eigenvalue weighted by atomic mass is 32.1. The van der Waals surface area contributed by atoms with Crippen molar-refractivity contribution in [1.29, 1.82) is 0 Å². The Labute approximate surface area is 105 Å². The highest BCUT2D eigenvalue weighted by molar-refractivity contribution is 7.19. The number of aliphatic hydroxyl groups is 1. The van der Waals surface area contributed by atoms with E-state index in [2.05, 4.69) is 6.92 Å². The number of fused-ring (bicyclic) bond motifs is 1. The Morgan fingerprint density at radius 2 is 2.12 bits per heavy atom. The number of unbranched alkanes of at least 4 members (excludes halogenated alkanes) is 2. The Balaban J connectivity index is 2.12. The van der Waals surface area contributed by atoms with E-state index in [9.17, 15) is 9.50 Å². The van der Waals surface area contributed by atoms with E-state index < -0.39 is 6.10 Å². The molecular weight excluding hydrogens is 235 g/mol. The molecule has 0 aliphatic rings. The molecule has 1 atom stereocenters. The van der Waals surface area contributed by atoms with Gasteiger partial charge in [0.05, 0.1) is 6.10 Å². The van der Waals surface area contributed by atoms with E-state index in [-0.39, 0.29) is 5.82 Å². The molecule has 1 aromatic carbocycles. The van der Waals surface area contributed by atoms with Gasteiger partial charge in [-0.3, -0.25) is 0 Å². The standard InChI is InChI=1S/C14H17FOS/c1-2-3-4-5-12(16)14-8-10-6-7-11(15)9-13(10)17-14/h6-9,12,16H,2-5H2,1H3. The van der Waals surface area contributed by atoms with Crippen LogP contribution in [-0.4, -0.2) is 5.11 Å². The summed E-state index contributed by atoms with van der Waals surface area (Å²) < 4.78 is 14.0. The Morgan fingerprint density at radius 3 is 2.88 bits per heavy atom. The van der Waals surface area contributed by atoms with Crippen LogP contribution in [0.4, 0.5) is 4.39 Å². The minimum atomic E-state index is -0.401. The summed E-state index contributed by atoms with van der Waals surface area (Å²) in [4.78, 5) is 0.946. The Hall–Kier alpha value is -0.930. The van der Waals surface area contributed by atoms with Gasteiger partial charge in [0.2, 0.25) is 0 Å². The third-order valence-corrected chi connectivity index (χ3v) is 4.11. The van der Waals surface area contributed by atoms with Crippen LogP contribution in [0, 0.1) is 5.82 Å². The quantitative estimate of drug-likeness (QED) is 0.768. The molecule has 0 fully saturated rings. The van der Waals surface area contributed by atoms with E-state index in [1.165, 1.54) is 23.5 Å². The average molecular weight is 252 g/mol. The highest BCUT2D eigenvalue weighted by Crippen LogP contribution is 2.32. The summed E-state index contributed by atoms with van der Waals surface area (Å²) in [6, 6.07) is 6.73. The number of benzene rings is 1. The number of rotatable bonds is 5. The molecule has 1 nitrogen and oxygen atoms in total. The van der Waals surface area contributed by atoms with Gasteiger partial charge in [0.25, 0.3) is 0 Å². The van der Waals surface area contributed by atoms with Crippen LogP contribution < -0.4 is 0 Å². The lowest BCUT2D eigenvalue weighted by atomic mass is 10.1. The van der Waals surface area contributed by atoms with Gasteiger partial charge >= 0.3 is 0 Å². The molecule has 0 saturated carbocycles. The molecule has 0 amide bonds. The Bertz CT molecular complexity index is 492. The molecule has 17 heavy (non-hydrogen) atoms. The third kappa shape index (κ3) is 3.05. The van der Waals surface area contributed by atoms with Gasteiger partial charge in [-0.25, -0.2) is 4.39 Å². The topological polar surface area (TPSA) is 20.2 Å². The molecule has 0 spiro atoms. The summed E-state index contributed by atoms with van der Waals surface area (Å²) in [5, 5.41) is 11.0. The maximum absolute atomic E-state index is 13.0. The fourth-order valence-corrected chi connectivity index (χ4v) is 3.03. The lowest BCUT2D eigenvalue weighted by Gasteiger charge is -2.06. The number of hydrogen-bond donors (Lipinski definition) is 1. The summed E-state index contributed by atoms with van der Waals surface area (Å²) in [5.41, 5.74) is 0. The van der Waals surface area contributed by atoms with E-state index in [0.29, 0.717) is 0 Å². The highest BCUT2D eigenvalue weighted by Gasteiger charge is 2.11. The molecular formula is C14H17FOS. The van der Waals surface area contributed by atoms with Gasteiger partial charge in [0.1, 0.15) is 5.82 Å². The van der Waals surface area contributed by atoms with Crippen molar-refractivity contribution in [2.75, 3.05) is 0 Å². The molecule has 1 unspecified atom stereocenters. The summed E-state index contributed by atoms with van der Waals surface area (Å²) in [6.07, 6.45) is 3.74. The molecule has 0 aliphatic carbocycles. The predicted molar refractivity (Wildman–Crippen MR) is 70.9 cm³/mol. The fraction of sp³-hybridized carbons (Fsp3) is 0.429. The van der Waals surface area contributed by atoms with Crippen molar-refractivity contribution >= 4 is 21.4 Å². The number of aliphatic hydroxyl groups excluding tert-OH is 1. The average Bonchev–Trinajstić information content (AvgIpc) is 2.72. The first-order valence-corrected chi connectivity index (χ1v) is 6.89. The van der Waals surface area contributed by atoms with Crippen molar-refractivity contribution in [2.24, 2.45) is 0 Å². The molecule has 1 aromatic heterocycles. The normalized spacial score (nSPS) is 13.1. The SMILES string of the molecule is CCCCCC(O)c1cc2ccc(F)cc2s1. The van der Waals surface area contributed by atoms with Gasteiger partial charge in [-0.1, -0.05) is 32.3 Å². The monoisotopic (exact) mass is 252 g/mol. The van der Waals surface area contributed by atoms with Crippen LogP contribution >= 0.6 is 11.3 Å². The first-order chi connectivity index (χ1) is 8.20. The van der Waals surface area contributed by atoms with Crippen LogP contribution in [0.1, 0.15) is 43.6 Å². The smallest absolute Gasteiger partial charge is 0.124 e. The summed E-state index contributed by atoms with van der Waals surface area (Å²) in [5.74, 6) is -0.216. The number of halogens is 1. The Kier molecular flexibility index (Phi) is 4.13. The van der Waals surface area contributed by atoms with E-state index in [1.807, 2.05) is 6.07 Å². The van der Waals surface area contributed by atoms with Crippen LogP contribution in [-0.2, 0) is 0 Å². The second-order valence-electron chi connectivity index (χ2n) is 4.34. The van der Waals surface area contributed by atoms with Crippen molar-refractivity contribution in [2.45, 2.75) is 38.7 Å². The van der Waals surface area contributed by atoms with Gasteiger partial charge < -0.3 is 5.11 Å². The maximum Gasteiger partial charge on any atom is 0.124 e. The fourth-order valence-electron chi connectivity index (χ4n) is 1.92. The van der Waals surface area contributed by atoms with Gasteiger partial charge in [-0.2, -0.15) is 0 Å². The second kappa shape index (κ2) is 5.61. The van der Waals surface area contributed by atoms with Crippen LogP contribution in [0.15, 0.2) is 24.3 Å². The van der Waals surface area contributed by atoms with E-state index in [0.717, 1.165) is 40.6 Å². The summed E-state index contributed by atoms with van der Waals surface area (Å²) >= 11 is 1.49. The van der Waals surface area contributed by atoms with E-state index in [4.69, 9.17) is 0 Å². The zero-order valence-corrected chi connectivity index (χ0v) is 10.8. The van der Waals surface area contributed by atoms with Crippen LogP contribution in [0.2, 0.25) is 0 Å². The van der Waals surface area contributed by atoms with Crippen molar-refractivity contribution in [3.8, 4) is 0 Å². The second-order valence-corrected chi connectivity index (χ2v) is 5.46. The minimum absolute atomic E-state index is 0.216. The first-order valence-electron chi connectivity index (χ1n) is 6.07. The number of hydrogen-bond acceptors (Lipinski definition) is 2. The third-order valence-electron chi connectivity index (χ3n) is 2.91. The predicted octanol–water partition coefficient (Wildman–Crippen LogP) is 4.65. The van der Waals surface area contributed by atoms with Gasteiger partial charge in [0, 0.05) is 9.58 Å². The lowest BCUT2D eigenvalue weighted by Crippen LogP contribution is -1.93. The van der Waals surface area contributed by atoms with Gasteiger partial charge in [0.15, 0.2) is 0 Å². The zero-order chi connectivity index (χ0) is 12.3. The molecule has 0 saturated heterocycles. The number of thiophene rings is 1. The van der Waals surface area contributed by atoms with Crippen LogP contribution in [0.5, 0.6) is 0 Å². The molecule has 1 N–H and O–H groups in total. The van der Waals surface area contributed by atoms with Crippen molar-refractivity contribution in [1.82, 2.24) is 0 Å². The molecule has 2 rings (SSSR count). The molecule has 0 aliphatic heterocycles. The molecule has 1 heterocycles. The van der Waals surface area contributed by atoms with E-state index >= 15 is 0 Å². The lowest BCUT2D eigenvalue weighted by molar-refractivity contribution is 0.167. The minimum Gasteiger partial charge on any atom is -0.388 e. The summed E-state index contributed by atoms with van der Waals surface area (Å²) in [7, 11) is 0. The first kappa shape index (κ1) is 12.5. The maximum atomic E-state index is 13.0. The van der Waals surface area contributed by atoms with Crippen molar-refractivity contribution < 1.29 is 9.50 Å². The van der Waals surface area contributed by atoms with Gasteiger partial charge in [-0.05, 0) is 30.0 Å². The molecule has 92 valence electrons.